The maximum Gasteiger partial charge on any atom is 0.344 e. The molecule has 0 aliphatic carbocycles. The Labute approximate surface area is 147 Å². The minimum Gasteiger partial charge on any atom is -0.422 e. The van der Waals surface area contributed by atoms with Gasteiger partial charge in [-0.1, -0.05) is 30.3 Å². The van der Waals surface area contributed by atoms with Crippen LogP contribution < -0.4 is 5.63 Å². The molecule has 4 heteroatoms. The van der Waals surface area contributed by atoms with Gasteiger partial charge < -0.3 is 14.2 Å². The van der Waals surface area contributed by atoms with E-state index in [1.54, 1.807) is 0 Å². The Bertz CT molecular complexity index is 939. The number of piperazine rings is 1. The molecule has 130 valence electrons. The summed E-state index contributed by atoms with van der Waals surface area (Å²) in [4.78, 5) is 17.1. The van der Waals surface area contributed by atoms with Crippen LogP contribution >= 0.6 is 0 Å². The fourth-order valence-electron chi connectivity index (χ4n) is 3.66. The summed E-state index contributed by atoms with van der Waals surface area (Å²) in [7, 11) is 2.18. The second-order valence-electron chi connectivity index (χ2n) is 7.01. The van der Waals surface area contributed by atoms with Gasteiger partial charge in [-0.15, -0.1) is 0 Å². The molecule has 0 bridgehead atoms. The minimum absolute atomic E-state index is 0.252. The molecular weight excluding hydrogens is 312 g/mol. The average Bonchev–Trinajstić information content (AvgIpc) is 2.63. The van der Waals surface area contributed by atoms with Crippen molar-refractivity contribution >= 4 is 21.7 Å². The summed E-state index contributed by atoms with van der Waals surface area (Å²) in [5.74, 6) is 0. The molecular formula is C21H24N2O2. The van der Waals surface area contributed by atoms with E-state index >= 15 is 0 Å². The lowest BCUT2D eigenvalue weighted by Gasteiger charge is -2.32. The summed E-state index contributed by atoms with van der Waals surface area (Å²) in [5, 5.41) is 2.63. The largest absolute Gasteiger partial charge is 0.422 e. The number of hydrogen-bond donors (Lipinski definition) is 0. The maximum atomic E-state index is 12.2. The predicted molar refractivity (Wildman–Crippen MR) is 102 cm³/mol. The Morgan fingerprint density at radius 2 is 1.72 bits per heavy atom. The fraction of sp³-hybridized carbons (Fsp3) is 0.381. The van der Waals surface area contributed by atoms with Gasteiger partial charge in [-0.25, -0.2) is 4.79 Å². The molecule has 4 nitrogen and oxygen atoms in total. The predicted octanol–water partition coefficient (Wildman–Crippen LogP) is 3.13. The third-order valence-corrected chi connectivity index (χ3v) is 5.22. The van der Waals surface area contributed by atoms with Crippen molar-refractivity contribution < 1.29 is 4.42 Å². The Balaban J connectivity index is 1.50. The van der Waals surface area contributed by atoms with Crippen molar-refractivity contribution in [3.8, 4) is 0 Å². The molecule has 4 rings (SSSR count). The summed E-state index contributed by atoms with van der Waals surface area (Å²) in [6, 6.07) is 13.9. The highest BCUT2D eigenvalue weighted by molar-refractivity contribution is 6.04. The van der Waals surface area contributed by atoms with Crippen LogP contribution in [0.25, 0.3) is 21.7 Å². The second-order valence-corrected chi connectivity index (χ2v) is 7.01. The van der Waals surface area contributed by atoms with Gasteiger partial charge in [0.1, 0.15) is 5.58 Å². The van der Waals surface area contributed by atoms with Crippen LogP contribution in [0.15, 0.2) is 51.7 Å². The van der Waals surface area contributed by atoms with Crippen molar-refractivity contribution in [2.75, 3.05) is 39.8 Å². The van der Waals surface area contributed by atoms with Crippen LogP contribution in [0, 0.1) is 0 Å². The highest BCUT2D eigenvalue weighted by atomic mass is 16.4. The van der Waals surface area contributed by atoms with Crippen molar-refractivity contribution in [2.45, 2.75) is 12.8 Å². The smallest absolute Gasteiger partial charge is 0.344 e. The fourth-order valence-corrected chi connectivity index (χ4v) is 3.66. The van der Waals surface area contributed by atoms with Gasteiger partial charge in [0.05, 0.1) is 5.39 Å². The zero-order valence-electron chi connectivity index (χ0n) is 14.7. The summed E-state index contributed by atoms with van der Waals surface area (Å²) in [5.41, 5.74) is 1.68. The SMILES string of the molecule is CN1CCN(CCCc2ccc3c(c2)oc(=O)c2ccccc23)CC1. The van der Waals surface area contributed by atoms with Crippen LogP contribution in [0.3, 0.4) is 0 Å². The van der Waals surface area contributed by atoms with Gasteiger partial charge in [0.2, 0.25) is 0 Å². The van der Waals surface area contributed by atoms with E-state index in [9.17, 15) is 4.79 Å². The van der Waals surface area contributed by atoms with Crippen LogP contribution in [0.5, 0.6) is 0 Å². The van der Waals surface area contributed by atoms with Gasteiger partial charge in [-0.3, -0.25) is 0 Å². The summed E-state index contributed by atoms with van der Waals surface area (Å²) in [6.45, 7) is 5.78. The van der Waals surface area contributed by atoms with Gasteiger partial charge >= 0.3 is 5.63 Å². The number of fused-ring (bicyclic) bond motifs is 3. The second kappa shape index (κ2) is 6.98. The molecule has 0 saturated carbocycles. The standard InChI is InChI=1S/C21H24N2O2/c1-22-11-13-23(14-12-22)10-4-5-16-8-9-18-17-6-2-3-7-19(17)21(24)25-20(18)15-16/h2-3,6-9,15H,4-5,10-14H2,1H3. The van der Waals surface area contributed by atoms with E-state index in [0.29, 0.717) is 11.0 Å². The Morgan fingerprint density at radius 1 is 0.960 bits per heavy atom. The highest BCUT2D eigenvalue weighted by Crippen LogP contribution is 2.24. The zero-order valence-corrected chi connectivity index (χ0v) is 14.7. The maximum absolute atomic E-state index is 12.2. The van der Waals surface area contributed by atoms with E-state index in [1.807, 2.05) is 30.3 Å². The van der Waals surface area contributed by atoms with Crippen LogP contribution in [0.2, 0.25) is 0 Å². The van der Waals surface area contributed by atoms with Crippen molar-refractivity contribution in [1.82, 2.24) is 9.80 Å². The van der Waals surface area contributed by atoms with Crippen molar-refractivity contribution in [3.63, 3.8) is 0 Å². The zero-order chi connectivity index (χ0) is 17.2. The van der Waals surface area contributed by atoms with E-state index < -0.39 is 0 Å². The number of aryl methyl sites for hydroxylation is 1. The molecule has 0 radical (unpaired) electrons. The number of rotatable bonds is 4. The lowest BCUT2D eigenvalue weighted by atomic mass is 10.0. The first kappa shape index (κ1) is 16.3. The van der Waals surface area contributed by atoms with Crippen molar-refractivity contribution in [3.05, 3.63) is 58.4 Å². The van der Waals surface area contributed by atoms with Gasteiger partial charge in [-0.2, -0.15) is 0 Å². The number of hydrogen-bond acceptors (Lipinski definition) is 4. The van der Waals surface area contributed by atoms with Crippen LogP contribution in [-0.2, 0) is 6.42 Å². The molecule has 2 heterocycles. The molecule has 1 saturated heterocycles. The number of benzene rings is 2. The lowest BCUT2D eigenvalue weighted by molar-refractivity contribution is 0.153. The molecule has 1 aliphatic rings. The number of likely N-dealkylation sites (N-methyl/N-ethyl adjacent to an activating group) is 1. The quantitative estimate of drug-likeness (QED) is 0.542. The van der Waals surface area contributed by atoms with Gasteiger partial charge in [-0.05, 0) is 49.5 Å². The summed E-state index contributed by atoms with van der Waals surface area (Å²) in [6.07, 6.45) is 2.14. The topological polar surface area (TPSA) is 36.7 Å². The van der Waals surface area contributed by atoms with Crippen LogP contribution in [0.1, 0.15) is 12.0 Å². The molecule has 1 aromatic heterocycles. The van der Waals surface area contributed by atoms with Gasteiger partial charge in [0.15, 0.2) is 0 Å². The molecule has 1 fully saturated rings. The molecule has 0 amide bonds. The third-order valence-electron chi connectivity index (χ3n) is 5.22. The first-order chi connectivity index (χ1) is 12.2. The molecule has 1 aliphatic heterocycles. The Hall–Kier alpha value is -2.17. The summed E-state index contributed by atoms with van der Waals surface area (Å²) < 4.78 is 5.55. The third kappa shape index (κ3) is 3.46. The molecule has 25 heavy (non-hydrogen) atoms. The lowest BCUT2D eigenvalue weighted by Crippen LogP contribution is -2.44. The average molecular weight is 336 g/mol. The molecule has 0 spiro atoms. The minimum atomic E-state index is -0.252. The first-order valence-corrected chi connectivity index (χ1v) is 9.06. The van der Waals surface area contributed by atoms with Crippen LogP contribution in [-0.4, -0.2) is 49.6 Å². The molecule has 2 aromatic carbocycles. The van der Waals surface area contributed by atoms with E-state index in [-0.39, 0.29) is 5.63 Å². The summed E-state index contributed by atoms with van der Waals surface area (Å²) >= 11 is 0. The van der Waals surface area contributed by atoms with Crippen LogP contribution in [0.4, 0.5) is 0 Å². The highest BCUT2D eigenvalue weighted by Gasteiger charge is 2.13. The molecule has 0 atom stereocenters. The van der Waals surface area contributed by atoms with E-state index in [1.165, 1.54) is 5.56 Å². The normalized spacial score (nSPS) is 16.7. The molecule has 0 N–H and O–H groups in total. The van der Waals surface area contributed by atoms with E-state index in [4.69, 9.17) is 4.42 Å². The van der Waals surface area contributed by atoms with E-state index in [2.05, 4.69) is 29.0 Å². The monoisotopic (exact) mass is 336 g/mol. The van der Waals surface area contributed by atoms with Crippen molar-refractivity contribution in [2.24, 2.45) is 0 Å². The van der Waals surface area contributed by atoms with Gasteiger partial charge in [0, 0.05) is 31.6 Å². The Morgan fingerprint density at radius 3 is 2.52 bits per heavy atom. The number of nitrogens with zero attached hydrogens (tertiary/aromatic N) is 2. The van der Waals surface area contributed by atoms with Gasteiger partial charge in [0.25, 0.3) is 0 Å². The van der Waals surface area contributed by atoms with E-state index in [0.717, 1.165) is 56.3 Å². The Kier molecular flexibility index (Phi) is 4.55. The first-order valence-electron chi connectivity index (χ1n) is 9.06. The molecule has 0 unspecified atom stereocenters. The molecule has 3 aromatic rings. The van der Waals surface area contributed by atoms with Crippen molar-refractivity contribution in [1.29, 1.82) is 0 Å².